The molecule has 27 heavy (non-hydrogen) atoms. The smallest absolute Gasteiger partial charge is 0.190 e. The molecule has 7 heteroatoms. The fourth-order valence-electron chi connectivity index (χ4n) is 2.77. The van der Waals surface area contributed by atoms with Gasteiger partial charge in [-0.1, -0.05) is 12.1 Å². The summed E-state index contributed by atoms with van der Waals surface area (Å²) in [5, 5.41) is 7.90. The molecule has 1 aromatic carbocycles. The molecule has 0 aliphatic carbocycles. The zero-order valence-corrected chi connectivity index (χ0v) is 19.8. The standard InChI is InChI=1S/C20H30N4OS.HI/c1-15-19(26-16(2)24-15)12-14-23-20(21-3)22-13-6-5-7-17-8-10-18(25-4)11-9-17;/h8-11H,5-7,12-14H2,1-4H3,(H2,21,22,23);1H. The van der Waals surface area contributed by atoms with Crippen molar-refractivity contribution in [3.8, 4) is 5.75 Å². The van der Waals surface area contributed by atoms with Gasteiger partial charge in [0.1, 0.15) is 5.75 Å². The number of benzene rings is 1. The summed E-state index contributed by atoms with van der Waals surface area (Å²) in [4.78, 5) is 10.1. The summed E-state index contributed by atoms with van der Waals surface area (Å²) < 4.78 is 5.19. The van der Waals surface area contributed by atoms with Gasteiger partial charge < -0.3 is 15.4 Å². The van der Waals surface area contributed by atoms with E-state index in [0.29, 0.717) is 0 Å². The van der Waals surface area contributed by atoms with Gasteiger partial charge in [-0.15, -0.1) is 35.3 Å². The Morgan fingerprint density at radius 2 is 1.78 bits per heavy atom. The van der Waals surface area contributed by atoms with E-state index in [1.165, 1.54) is 10.4 Å². The van der Waals surface area contributed by atoms with Gasteiger partial charge >= 0.3 is 0 Å². The Kier molecular flexibility index (Phi) is 11.3. The van der Waals surface area contributed by atoms with E-state index in [1.807, 2.05) is 19.2 Å². The third kappa shape index (κ3) is 8.47. The van der Waals surface area contributed by atoms with Crippen molar-refractivity contribution in [3.63, 3.8) is 0 Å². The van der Waals surface area contributed by atoms with E-state index in [4.69, 9.17) is 4.74 Å². The molecule has 0 unspecified atom stereocenters. The third-order valence-corrected chi connectivity index (χ3v) is 5.34. The summed E-state index contributed by atoms with van der Waals surface area (Å²) in [5.74, 6) is 1.78. The van der Waals surface area contributed by atoms with E-state index in [2.05, 4.69) is 46.6 Å². The molecule has 0 atom stereocenters. The average Bonchev–Trinajstić information content (AvgIpc) is 2.97. The van der Waals surface area contributed by atoms with Crippen molar-refractivity contribution < 1.29 is 4.74 Å². The molecule has 0 saturated carbocycles. The van der Waals surface area contributed by atoms with Gasteiger partial charge in [0.2, 0.25) is 0 Å². The molecule has 1 heterocycles. The number of rotatable bonds is 9. The molecular weight excluding hydrogens is 471 g/mol. The monoisotopic (exact) mass is 502 g/mol. The first kappa shape index (κ1) is 23.7. The molecule has 2 rings (SSSR count). The van der Waals surface area contributed by atoms with Gasteiger partial charge in [0, 0.05) is 31.4 Å². The minimum Gasteiger partial charge on any atom is -0.497 e. The van der Waals surface area contributed by atoms with Gasteiger partial charge in [0.25, 0.3) is 0 Å². The van der Waals surface area contributed by atoms with Gasteiger partial charge in [-0.3, -0.25) is 4.99 Å². The number of aromatic nitrogens is 1. The summed E-state index contributed by atoms with van der Waals surface area (Å²) >= 11 is 1.78. The summed E-state index contributed by atoms with van der Waals surface area (Å²) in [6, 6.07) is 8.31. The Hall–Kier alpha value is -1.35. The summed E-state index contributed by atoms with van der Waals surface area (Å²) in [7, 11) is 3.51. The molecule has 0 aliphatic rings. The Balaban J connectivity index is 0.00000364. The zero-order chi connectivity index (χ0) is 18.8. The second-order valence-electron chi connectivity index (χ2n) is 6.22. The molecule has 0 spiro atoms. The lowest BCUT2D eigenvalue weighted by Crippen LogP contribution is -2.38. The van der Waals surface area contributed by atoms with Crippen LogP contribution in [0.2, 0.25) is 0 Å². The first-order valence-electron chi connectivity index (χ1n) is 9.12. The molecule has 0 amide bonds. The average molecular weight is 502 g/mol. The molecule has 5 nitrogen and oxygen atoms in total. The van der Waals surface area contributed by atoms with E-state index in [0.717, 1.165) is 61.2 Å². The number of guanidine groups is 1. The number of thiazole rings is 1. The van der Waals surface area contributed by atoms with Gasteiger partial charge in [-0.05, 0) is 50.8 Å². The van der Waals surface area contributed by atoms with Gasteiger partial charge in [0.05, 0.1) is 17.8 Å². The number of aryl methyl sites for hydroxylation is 3. The number of ether oxygens (including phenoxy) is 1. The SMILES string of the molecule is CN=C(NCCCCc1ccc(OC)cc1)NCCc1sc(C)nc1C.I. The topological polar surface area (TPSA) is 58.5 Å². The molecule has 0 fully saturated rings. The molecule has 150 valence electrons. The summed E-state index contributed by atoms with van der Waals surface area (Å²) in [5.41, 5.74) is 2.50. The Labute approximate surface area is 184 Å². The molecule has 2 N–H and O–H groups in total. The van der Waals surface area contributed by atoms with Crippen molar-refractivity contribution in [2.45, 2.75) is 39.5 Å². The lowest BCUT2D eigenvalue weighted by molar-refractivity contribution is 0.414. The van der Waals surface area contributed by atoms with E-state index < -0.39 is 0 Å². The molecule has 1 aromatic heterocycles. The predicted molar refractivity (Wildman–Crippen MR) is 126 cm³/mol. The molecule has 0 bridgehead atoms. The fourth-order valence-corrected chi connectivity index (χ4v) is 3.71. The van der Waals surface area contributed by atoms with Crippen LogP contribution in [0.15, 0.2) is 29.3 Å². The van der Waals surface area contributed by atoms with Crippen LogP contribution in [0.25, 0.3) is 0 Å². The fraction of sp³-hybridized carbons (Fsp3) is 0.500. The molecule has 2 aromatic rings. The van der Waals surface area contributed by atoms with Gasteiger partial charge in [-0.2, -0.15) is 0 Å². The number of halogens is 1. The Bertz CT molecular complexity index is 701. The second kappa shape index (κ2) is 12.9. The normalized spacial score (nSPS) is 11.0. The minimum atomic E-state index is 0. The van der Waals surface area contributed by atoms with Crippen molar-refractivity contribution in [2.75, 3.05) is 27.2 Å². The van der Waals surface area contributed by atoms with E-state index in [9.17, 15) is 0 Å². The zero-order valence-electron chi connectivity index (χ0n) is 16.7. The minimum absolute atomic E-state index is 0. The molecule has 0 aliphatic heterocycles. The largest absolute Gasteiger partial charge is 0.497 e. The Morgan fingerprint density at radius 1 is 1.07 bits per heavy atom. The maximum Gasteiger partial charge on any atom is 0.190 e. The molecule has 0 radical (unpaired) electrons. The van der Waals surface area contributed by atoms with Crippen LogP contribution in [0.3, 0.4) is 0 Å². The number of aliphatic imine (C=N–C) groups is 1. The van der Waals surface area contributed by atoms with Crippen molar-refractivity contribution in [1.29, 1.82) is 0 Å². The van der Waals surface area contributed by atoms with Crippen molar-refractivity contribution in [2.24, 2.45) is 4.99 Å². The van der Waals surface area contributed by atoms with Crippen LogP contribution in [0, 0.1) is 13.8 Å². The van der Waals surface area contributed by atoms with Crippen LogP contribution in [0.1, 0.15) is 34.0 Å². The number of nitrogens with zero attached hydrogens (tertiary/aromatic N) is 2. The van der Waals surface area contributed by atoms with Crippen molar-refractivity contribution >= 4 is 41.3 Å². The Morgan fingerprint density at radius 3 is 2.37 bits per heavy atom. The predicted octanol–water partition coefficient (Wildman–Crippen LogP) is 4.12. The van der Waals surface area contributed by atoms with Crippen molar-refractivity contribution in [1.82, 2.24) is 15.6 Å². The lowest BCUT2D eigenvalue weighted by Gasteiger charge is -2.11. The van der Waals surface area contributed by atoms with E-state index in [1.54, 1.807) is 18.4 Å². The quantitative estimate of drug-likeness (QED) is 0.235. The second-order valence-corrected chi connectivity index (χ2v) is 7.51. The highest BCUT2D eigenvalue weighted by Crippen LogP contribution is 2.17. The maximum atomic E-state index is 5.19. The maximum absolute atomic E-state index is 5.19. The summed E-state index contributed by atoms with van der Waals surface area (Å²) in [6.07, 6.45) is 4.33. The van der Waals surface area contributed by atoms with Crippen LogP contribution in [-0.2, 0) is 12.8 Å². The summed E-state index contributed by atoms with van der Waals surface area (Å²) in [6.45, 7) is 5.93. The number of hydrogen-bond acceptors (Lipinski definition) is 4. The van der Waals surface area contributed by atoms with Crippen LogP contribution in [-0.4, -0.2) is 38.2 Å². The van der Waals surface area contributed by atoms with E-state index in [-0.39, 0.29) is 24.0 Å². The highest BCUT2D eigenvalue weighted by atomic mass is 127. The first-order chi connectivity index (χ1) is 12.6. The van der Waals surface area contributed by atoms with Crippen LogP contribution < -0.4 is 15.4 Å². The van der Waals surface area contributed by atoms with Gasteiger partial charge in [0.15, 0.2) is 5.96 Å². The van der Waals surface area contributed by atoms with Crippen LogP contribution in [0.5, 0.6) is 5.75 Å². The number of nitrogens with one attached hydrogen (secondary N) is 2. The molecule has 0 saturated heterocycles. The van der Waals surface area contributed by atoms with Crippen molar-refractivity contribution in [3.05, 3.63) is 45.4 Å². The first-order valence-corrected chi connectivity index (χ1v) is 9.94. The number of hydrogen-bond donors (Lipinski definition) is 2. The highest BCUT2D eigenvalue weighted by Gasteiger charge is 2.05. The highest BCUT2D eigenvalue weighted by molar-refractivity contribution is 14.0. The molecular formula is C20H31IN4OS. The van der Waals surface area contributed by atoms with E-state index >= 15 is 0 Å². The van der Waals surface area contributed by atoms with Gasteiger partial charge in [-0.25, -0.2) is 4.98 Å². The number of unbranched alkanes of at least 4 members (excludes halogenated alkanes) is 1. The lowest BCUT2D eigenvalue weighted by atomic mass is 10.1. The van der Waals surface area contributed by atoms with Crippen LogP contribution in [0.4, 0.5) is 0 Å². The third-order valence-electron chi connectivity index (χ3n) is 4.21. The van der Waals surface area contributed by atoms with Crippen LogP contribution >= 0.6 is 35.3 Å². The number of methoxy groups -OCH3 is 1.